The van der Waals surface area contributed by atoms with E-state index in [2.05, 4.69) is 93.2 Å². The summed E-state index contributed by atoms with van der Waals surface area (Å²) in [6.07, 6.45) is 0. The van der Waals surface area contributed by atoms with Gasteiger partial charge in [0.2, 0.25) is 0 Å². The third kappa shape index (κ3) is 3.44. The van der Waals surface area contributed by atoms with Crippen LogP contribution in [-0.2, 0) is 5.41 Å². The van der Waals surface area contributed by atoms with Gasteiger partial charge in [-0.3, -0.25) is 4.90 Å². The summed E-state index contributed by atoms with van der Waals surface area (Å²) < 4.78 is 0. The van der Waals surface area contributed by atoms with Gasteiger partial charge in [0.05, 0.1) is 6.04 Å². The highest BCUT2D eigenvalue weighted by Crippen LogP contribution is 2.39. The van der Waals surface area contributed by atoms with Crippen LogP contribution in [0.25, 0.3) is 0 Å². The maximum absolute atomic E-state index is 6.15. The Morgan fingerprint density at radius 1 is 1.08 bits per heavy atom. The van der Waals surface area contributed by atoms with Gasteiger partial charge >= 0.3 is 0 Å². The molecule has 3 heteroatoms. The summed E-state index contributed by atoms with van der Waals surface area (Å²) in [5.74, 6) is 0. The molecule has 1 aliphatic rings. The van der Waals surface area contributed by atoms with E-state index in [4.69, 9.17) is 5.73 Å². The van der Waals surface area contributed by atoms with E-state index in [1.54, 1.807) is 0 Å². The molecule has 2 aromatic carbocycles. The molecule has 0 aromatic heterocycles. The van der Waals surface area contributed by atoms with E-state index in [-0.39, 0.29) is 11.5 Å². The van der Waals surface area contributed by atoms with Gasteiger partial charge in [-0.25, -0.2) is 0 Å². The van der Waals surface area contributed by atoms with Gasteiger partial charge in [-0.05, 0) is 41.3 Å². The van der Waals surface area contributed by atoms with Crippen molar-refractivity contribution in [3.63, 3.8) is 0 Å². The van der Waals surface area contributed by atoms with Crippen molar-refractivity contribution in [3.05, 3.63) is 65.2 Å². The van der Waals surface area contributed by atoms with E-state index in [0.29, 0.717) is 12.6 Å². The smallest absolute Gasteiger partial charge is 0.0669 e. The first-order chi connectivity index (χ1) is 11.8. The van der Waals surface area contributed by atoms with Crippen molar-refractivity contribution >= 4 is 5.69 Å². The first kappa shape index (κ1) is 18.0. The molecule has 2 unspecified atom stereocenters. The van der Waals surface area contributed by atoms with Gasteiger partial charge in [0.15, 0.2) is 0 Å². The van der Waals surface area contributed by atoms with E-state index in [1.807, 2.05) is 0 Å². The maximum Gasteiger partial charge on any atom is 0.0669 e. The SMILES string of the molecule is CN1CC(N(C)c2ccccc2)c2ccc(C(C)(C)C)cc2C1CN. The molecule has 2 N–H and O–H groups in total. The van der Waals surface area contributed by atoms with E-state index in [0.717, 1.165) is 6.54 Å². The lowest BCUT2D eigenvalue weighted by Crippen LogP contribution is -2.44. The largest absolute Gasteiger partial charge is 0.366 e. The average Bonchev–Trinajstić information content (AvgIpc) is 2.60. The number of hydrogen-bond acceptors (Lipinski definition) is 3. The average molecular weight is 338 g/mol. The Labute approximate surface area is 152 Å². The fourth-order valence-electron chi connectivity index (χ4n) is 3.85. The Balaban J connectivity index is 2.06. The molecule has 0 radical (unpaired) electrons. The summed E-state index contributed by atoms with van der Waals surface area (Å²) in [5.41, 5.74) is 11.7. The standard InChI is InChI=1S/C22H31N3/c1-22(2,3)16-11-12-18-19(13-16)20(14-23)24(4)15-21(18)25(5)17-9-7-6-8-10-17/h6-13,20-21H,14-15,23H2,1-5H3. The zero-order chi connectivity index (χ0) is 18.2. The molecule has 0 amide bonds. The Bertz CT molecular complexity index is 718. The summed E-state index contributed by atoms with van der Waals surface area (Å²) in [4.78, 5) is 4.79. The number of anilines is 1. The fourth-order valence-corrected chi connectivity index (χ4v) is 3.85. The number of fused-ring (bicyclic) bond motifs is 1. The zero-order valence-corrected chi connectivity index (χ0v) is 16.2. The molecule has 1 aliphatic heterocycles. The summed E-state index contributed by atoms with van der Waals surface area (Å²) in [6.45, 7) is 8.44. The number of rotatable bonds is 3. The lowest BCUT2D eigenvalue weighted by atomic mass is 9.81. The van der Waals surface area contributed by atoms with E-state index in [9.17, 15) is 0 Å². The van der Waals surface area contributed by atoms with E-state index in [1.165, 1.54) is 22.4 Å². The highest BCUT2D eigenvalue weighted by molar-refractivity contribution is 5.51. The van der Waals surface area contributed by atoms with Crippen LogP contribution < -0.4 is 10.6 Å². The van der Waals surface area contributed by atoms with Crippen molar-refractivity contribution < 1.29 is 0 Å². The number of benzene rings is 2. The molecule has 2 atom stereocenters. The lowest BCUT2D eigenvalue weighted by molar-refractivity contribution is 0.212. The molecule has 0 saturated carbocycles. The number of nitrogens with zero attached hydrogens (tertiary/aromatic N) is 2. The third-order valence-corrected chi connectivity index (χ3v) is 5.52. The van der Waals surface area contributed by atoms with Crippen LogP contribution >= 0.6 is 0 Å². The molecule has 1 heterocycles. The van der Waals surface area contributed by atoms with Crippen LogP contribution in [0.2, 0.25) is 0 Å². The Morgan fingerprint density at radius 3 is 2.36 bits per heavy atom. The molecule has 0 fully saturated rings. The molecule has 0 bridgehead atoms. The lowest BCUT2D eigenvalue weighted by Gasteiger charge is -2.43. The van der Waals surface area contributed by atoms with Gasteiger partial charge < -0.3 is 10.6 Å². The quantitative estimate of drug-likeness (QED) is 0.915. The Morgan fingerprint density at radius 2 is 1.76 bits per heavy atom. The molecule has 2 aromatic rings. The van der Waals surface area contributed by atoms with Crippen LogP contribution in [0.4, 0.5) is 5.69 Å². The van der Waals surface area contributed by atoms with Gasteiger partial charge in [0.25, 0.3) is 0 Å². The number of para-hydroxylation sites is 1. The monoisotopic (exact) mass is 337 g/mol. The highest BCUT2D eigenvalue weighted by Gasteiger charge is 2.33. The van der Waals surface area contributed by atoms with Gasteiger partial charge in [-0.15, -0.1) is 0 Å². The second-order valence-corrected chi connectivity index (χ2v) is 8.25. The first-order valence-corrected chi connectivity index (χ1v) is 9.15. The summed E-state index contributed by atoms with van der Waals surface area (Å²) >= 11 is 0. The van der Waals surface area contributed by atoms with Gasteiger partial charge in [-0.1, -0.05) is 57.2 Å². The molecule has 25 heavy (non-hydrogen) atoms. The second-order valence-electron chi connectivity index (χ2n) is 8.25. The van der Waals surface area contributed by atoms with Crippen molar-refractivity contribution in [1.29, 1.82) is 0 Å². The summed E-state index contributed by atoms with van der Waals surface area (Å²) in [6, 6.07) is 18.3. The van der Waals surface area contributed by atoms with Crippen LogP contribution in [0.15, 0.2) is 48.5 Å². The zero-order valence-electron chi connectivity index (χ0n) is 16.2. The first-order valence-electron chi connectivity index (χ1n) is 9.15. The van der Waals surface area contributed by atoms with Crippen molar-refractivity contribution in [3.8, 4) is 0 Å². The van der Waals surface area contributed by atoms with Crippen LogP contribution in [-0.4, -0.2) is 32.1 Å². The topological polar surface area (TPSA) is 32.5 Å². The van der Waals surface area contributed by atoms with Gasteiger partial charge in [0.1, 0.15) is 0 Å². The van der Waals surface area contributed by atoms with Crippen molar-refractivity contribution in [1.82, 2.24) is 4.90 Å². The molecule has 0 aliphatic carbocycles. The number of likely N-dealkylation sites (N-methyl/N-ethyl adjacent to an activating group) is 2. The maximum atomic E-state index is 6.15. The van der Waals surface area contributed by atoms with Gasteiger partial charge in [0, 0.05) is 31.9 Å². The third-order valence-electron chi connectivity index (χ3n) is 5.52. The Kier molecular flexibility index (Phi) is 4.90. The van der Waals surface area contributed by atoms with Crippen molar-refractivity contribution in [2.24, 2.45) is 5.73 Å². The highest BCUT2D eigenvalue weighted by atomic mass is 15.2. The second kappa shape index (κ2) is 6.81. The summed E-state index contributed by atoms with van der Waals surface area (Å²) in [5, 5.41) is 0. The predicted octanol–water partition coefficient (Wildman–Crippen LogP) is 4.11. The molecular weight excluding hydrogens is 306 g/mol. The minimum atomic E-state index is 0.144. The van der Waals surface area contributed by atoms with Crippen LogP contribution in [0, 0.1) is 0 Å². The predicted molar refractivity (Wildman–Crippen MR) is 107 cm³/mol. The fraction of sp³-hybridized carbons (Fsp3) is 0.455. The molecule has 3 nitrogen and oxygen atoms in total. The molecular formula is C22H31N3. The van der Waals surface area contributed by atoms with E-state index < -0.39 is 0 Å². The summed E-state index contributed by atoms with van der Waals surface area (Å²) in [7, 11) is 4.38. The van der Waals surface area contributed by atoms with Crippen LogP contribution in [0.3, 0.4) is 0 Å². The minimum Gasteiger partial charge on any atom is -0.366 e. The minimum absolute atomic E-state index is 0.144. The Hall–Kier alpha value is -1.84. The van der Waals surface area contributed by atoms with Crippen molar-refractivity contribution in [2.45, 2.75) is 38.3 Å². The number of nitrogens with two attached hydrogens (primary N) is 1. The number of hydrogen-bond donors (Lipinski definition) is 1. The van der Waals surface area contributed by atoms with Crippen LogP contribution in [0.1, 0.15) is 49.5 Å². The normalized spacial score (nSPS) is 21.0. The molecule has 0 saturated heterocycles. The van der Waals surface area contributed by atoms with Gasteiger partial charge in [-0.2, -0.15) is 0 Å². The molecule has 134 valence electrons. The molecule has 3 rings (SSSR count). The van der Waals surface area contributed by atoms with Crippen LogP contribution in [0.5, 0.6) is 0 Å². The van der Waals surface area contributed by atoms with E-state index >= 15 is 0 Å². The van der Waals surface area contributed by atoms with Crippen molar-refractivity contribution in [2.75, 3.05) is 32.1 Å². The molecule has 0 spiro atoms.